The Morgan fingerprint density at radius 3 is 2.92 bits per heavy atom. The molecule has 1 aromatic heterocycles. The third-order valence-electron chi connectivity index (χ3n) is 5.92. The number of amides is 1. The molecular weight excluding hydrogens is 312 g/mol. The minimum absolute atomic E-state index is 0.108. The molecule has 2 aromatic rings. The highest BCUT2D eigenvalue weighted by atomic mass is 16.1. The summed E-state index contributed by atoms with van der Waals surface area (Å²) in [5, 5.41) is 6.50. The number of hydrogen-bond acceptors (Lipinski definition) is 3. The zero-order valence-electron chi connectivity index (χ0n) is 15.0. The van der Waals surface area contributed by atoms with Crippen molar-refractivity contribution in [2.75, 3.05) is 18.4 Å². The Morgan fingerprint density at radius 1 is 1.32 bits per heavy atom. The second-order valence-corrected chi connectivity index (χ2v) is 7.82. The summed E-state index contributed by atoms with van der Waals surface area (Å²) < 4.78 is 0. The lowest BCUT2D eigenvalue weighted by Crippen LogP contribution is -2.34. The van der Waals surface area contributed by atoms with Crippen LogP contribution in [0.15, 0.2) is 18.2 Å². The molecule has 1 saturated carbocycles. The monoisotopic (exact) mass is 340 g/mol. The van der Waals surface area contributed by atoms with E-state index in [1.165, 1.54) is 32.1 Å². The van der Waals surface area contributed by atoms with Gasteiger partial charge in [0.15, 0.2) is 0 Å². The van der Waals surface area contributed by atoms with Crippen LogP contribution in [0.5, 0.6) is 0 Å². The number of carbonyl (C=O) groups is 1. The number of benzene rings is 1. The molecule has 1 aliphatic heterocycles. The van der Waals surface area contributed by atoms with Crippen molar-refractivity contribution in [3.63, 3.8) is 0 Å². The van der Waals surface area contributed by atoms with Crippen LogP contribution in [0.1, 0.15) is 57.2 Å². The van der Waals surface area contributed by atoms with Crippen molar-refractivity contribution < 1.29 is 4.79 Å². The van der Waals surface area contributed by atoms with E-state index in [4.69, 9.17) is 0 Å². The number of aromatic amines is 1. The van der Waals surface area contributed by atoms with Gasteiger partial charge in [-0.2, -0.15) is 0 Å². The highest BCUT2D eigenvalue weighted by molar-refractivity contribution is 5.93. The van der Waals surface area contributed by atoms with E-state index in [-0.39, 0.29) is 5.91 Å². The van der Waals surface area contributed by atoms with Crippen LogP contribution in [0.25, 0.3) is 11.0 Å². The Morgan fingerprint density at radius 2 is 2.20 bits per heavy atom. The predicted molar refractivity (Wildman–Crippen MR) is 101 cm³/mol. The van der Waals surface area contributed by atoms with E-state index < -0.39 is 0 Å². The Bertz CT molecular complexity index is 743. The van der Waals surface area contributed by atoms with Gasteiger partial charge >= 0.3 is 0 Å². The number of carbonyl (C=O) groups excluding carboxylic acids is 1. The van der Waals surface area contributed by atoms with Gasteiger partial charge in [0.05, 0.1) is 11.0 Å². The number of rotatable bonds is 5. The van der Waals surface area contributed by atoms with Crippen molar-refractivity contribution in [3.05, 3.63) is 24.0 Å². The number of hydrogen-bond donors (Lipinski definition) is 3. The summed E-state index contributed by atoms with van der Waals surface area (Å²) in [5.41, 5.74) is 2.86. The van der Waals surface area contributed by atoms with Gasteiger partial charge in [0.2, 0.25) is 5.91 Å². The van der Waals surface area contributed by atoms with Crippen molar-refractivity contribution in [2.24, 2.45) is 11.8 Å². The maximum absolute atomic E-state index is 12.4. The molecule has 5 heteroatoms. The first-order valence-electron chi connectivity index (χ1n) is 9.69. The van der Waals surface area contributed by atoms with Crippen molar-refractivity contribution in [1.82, 2.24) is 15.3 Å². The smallest absolute Gasteiger partial charge is 0.224 e. The second-order valence-electron chi connectivity index (χ2n) is 7.82. The van der Waals surface area contributed by atoms with Gasteiger partial charge in [-0.1, -0.05) is 13.3 Å². The van der Waals surface area contributed by atoms with Gasteiger partial charge in [-0.3, -0.25) is 4.79 Å². The van der Waals surface area contributed by atoms with Gasteiger partial charge in [0.1, 0.15) is 5.82 Å². The van der Waals surface area contributed by atoms with Crippen LogP contribution in [0.4, 0.5) is 5.69 Å². The number of fused-ring (bicyclic) bond motifs is 1. The summed E-state index contributed by atoms with van der Waals surface area (Å²) in [6, 6.07) is 5.96. The first kappa shape index (κ1) is 16.6. The molecule has 0 radical (unpaired) electrons. The van der Waals surface area contributed by atoms with Gasteiger partial charge in [-0.05, 0) is 68.8 Å². The van der Waals surface area contributed by atoms with E-state index in [9.17, 15) is 4.79 Å². The highest BCUT2D eigenvalue weighted by Crippen LogP contribution is 2.35. The molecule has 25 heavy (non-hydrogen) atoms. The van der Waals surface area contributed by atoms with Gasteiger partial charge in [0, 0.05) is 18.0 Å². The van der Waals surface area contributed by atoms with Crippen LogP contribution in [0.3, 0.4) is 0 Å². The lowest BCUT2D eigenvalue weighted by atomic mass is 9.85. The van der Waals surface area contributed by atoms with Crippen LogP contribution in [-0.4, -0.2) is 29.0 Å². The molecular formula is C20H28N4O. The maximum Gasteiger partial charge on any atom is 0.224 e. The molecule has 2 aliphatic rings. The van der Waals surface area contributed by atoms with E-state index in [0.29, 0.717) is 24.2 Å². The molecule has 3 N–H and O–H groups in total. The van der Waals surface area contributed by atoms with Crippen LogP contribution < -0.4 is 10.6 Å². The standard InChI is InChI=1S/C20H28N4O/c1-13(15-6-3-9-21-12-15)10-19(25)22-16-7-8-17-18(11-16)24-20(23-17)14-4-2-5-14/h7-8,11,13-15,21H,2-6,9-10,12H2,1H3,(H,22,25)(H,23,24). The number of piperidine rings is 1. The summed E-state index contributed by atoms with van der Waals surface area (Å²) in [6.45, 7) is 4.35. The first-order valence-corrected chi connectivity index (χ1v) is 9.69. The fraction of sp³-hybridized carbons (Fsp3) is 0.600. The van der Waals surface area contributed by atoms with E-state index in [2.05, 4.69) is 27.5 Å². The summed E-state index contributed by atoms with van der Waals surface area (Å²) in [7, 11) is 0. The van der Waals surface area contributed by atoms with Gasteiger partial charge < -0.3 is 15.6 Å². The molecule has 2 unspecified atom stereocenters. The summed E-state index contributed by atoms with van der Waals surface area (Å²) >= 11 is 0. The predicted octanol–water partition coefficient (Wildman–Crippen LogP) is 3.79. The van der Waals surface area contributed by atoms with Gasteiger partial charge in [-0.15, -0.1) is 0 Å². The first-order chi connectivity index (χ1) is 12.2. The molecule has 2 fully saturated rings. The summed E-state index contributed by atoms with van der Waals surface area (Å²) in [4.78, 5) is 20.5. The molecule has 1 saturated heterocycles. The molecule has 0 spiro atoms. The third-order valence-corrected chi connectivity index (χ3v) is 5.92. The van der Waals surface area contributed by atoms with E-state index in [1.807, 2.05) is 18.2 Å². The Kier molecular flexibility index (Phi) is 4.75. The van der Waals surface area contributed by atoms with Crippen LogP contribution >= 0.6 is 0 Å². The van der Waals surface area contributed by atoms with Crippen LogP contribution in [0, 0.1) is 11.8 Å². The Hall–Kier alpha value is -1.88. The summed E-state index contributed by atoms with van der Waals surface area (Å²) in [5.74, 6) is 2.82. The van der Waals surface area contributed by atoms with Gasteiger partial charge in [-0.25, -0.2) is 4.98 Å². The second kappa shape index (κ2) is 7.16. The van der Waals surface area contributed by atoms with Gasteiger partial charge in [0.25, 0.3) is 0 Å². The Labute approximate surface area is 149 Å². The zero-order chi connectivity index (χ0) is 17.2. The van der Waals surface area contributed by atoms with Crippen molar-refractivity contribution in [2.45, 2.75) is 51.4 Å². The Balaban J connectivity index is 1.38. The van der Waals surface area contributed by atoms with Crippen LogP contribution in [-0.2, 0) is 4.79 Å². The zero-order valence-corrected chi connectivity index (χ0v) is 15.0. The third kappa shape index (κ3) is 3.71. The molecule has 1 aromatic carbocycles. The minimum atomic E-state index is 0.108. The minimum Gasteiger partial charge on any atom is -0.342 e. The average molecular weight is 340 g/mol. The number of aromatic nitrogens is 2. The number of H-pyrrole nitrogens is 1. The molecule has 1 aliphatic carbocycles. The SMILES string of the molecule is CC(CC(=O)Nc1ccc2nc(C3CCC3)[nH]c2c1)C1CCCNC1. The number of nitrogens with zero attached hydrogens (tertiary/aromatic N) is 1. The topological polar surface area (TPSA) is 69.8 Å². The normalized spacial score (nSPS) is 22.5. The van der Waals surface area contributed by atoms with Crippen molar-refractivity contribution >= 4 is 22.6 Å². The molecule has 4 rings (SSSR count). The molecule has 5 nitrogen and oxygen atoms in total. The fourth-order valence-corrected chi connectivity index (χ4v) is 4.02. The van der Waals surface area contributed by atoms with E-state index >= 15 is 0 Å². The van der Waals surface area contributed by atoms with Crippen molar-refractivity contribution in [1.29, 1.82) is 0 Å². The number of anilines is 1. The largest absolute Gasteiger partial charge is 0.342 e. The molecule has 2 atom stereocenters. The molecule has 2 heterocycles. The number of nitrogens with one attached hydrogen (secondary N) is 3. The molecule has 134 valence electrons. The summed E-state index contributed by atoms with van der Waals surface area (Å²) in [6.07, 6.45) is 6.80. The quantitative estimate of drug-likeness (QED) is 0.775. The fourth-order valence-electron chi connectivity index (χ4n) is 4.02. The van der Waals surface area contributed by atoms with Crippen molar-refractivity contribution in [3.8, 4) is 0 Å². The lowest BCUT2D eigenvalue weighted by Gasteiger charge is -2.28. The molecule has 0 bridgehead atoms. The van der Waals surface area contributed by atoms with E-state index in [1.54, 1.807) is 0 Å². The maximum atomic E-state index is 12.4. The lowest BCUT2D eigenvalue weighted by molar-refractivity contribution is -0.117. The average Bonchev–Trinajstić information content (AvgIpc) is 2.96. The molecule has 1 amide bonds. The number of imidazole rings is 1. The van der Waals surface area contributed by atoms with E-state index in [0.717, 1.165) is 35.6 Å². The van der Waals surface area contributed by atoms with Crippen LogP contribution in [0.2, 0.25) is 0 Å². The highest BCUT2D eigenvalue weighted by Gasteiger charge is 2.23.